The van der Waals surface area contributed by atoms with Crippen molar-refractivity contribution in [3.05, 3.63) is 48.0 Å². The largest absolute Gasteiger partial charge is 0.493 e. The van der Waals surface area contributed by atoms with Crippen LogP contribution in [0.5, 0.6) is 17.2 Å². The lowest BCUT2D eigenvalue weighted by atomic mass is 10.1. The summed E-state index contributed by atoms with van der Waals surface area (Å²) in [4.78, 5) is 12.6. The number of nitrogens with zero attached hydrogens (tertiary/aromatic N) is 1. The van der Waals surface area contributed by atoms with E-state index in [-0.39, 0.29) is 10.6 Å². The molecule has 1 amide bonds. The highest BCUT2D eigenvalue weighted by atomic mass is 32.2. The Hall–Kier alpha value is -3.04. The quantitative estimate of drug-likeness (QED) is 0.576. The van der Waals surface area contributed by atoms with Gasteiger partial charge in [-0.3, -0.25) is 4.79 Å². The van der Waals surface area contributed by atoms with Crippen molar-refractivity contribution in [1.82, 2.24) is 4.31 Å². The third-order valence-electron chi connectivity index (χ3n) is 5.04. The summed E-state index contributed by atoms with van der Waals surface area (Å²) in [6.07, 6.45) is 4.62. The van der Waals surface area contributed by atoms with E-state index in [1.165, 1.54) is 30.7 Å². The molecule has 2 aromatic carbocycles. The summed E-state index contributed by atoms with van der Waals surface area (Å²) in [6.45, 7) is 3.09. The Morgan fingerprint density at radius 2 is 1.84 bits per heavy atom. The van der Waals surface area contributed by atoms with Gasteiger partial charge in [0.15, 0.2) is 11.5 Å². The summed E-state index contributed by atoms with van der Waals surface area (Å²) in [5, 5.41) is 2.71. The number of nitrogens with one attached hydrogen (secondary N) is 1. The van der Waals surface area contributed by atoms with Crippen molar-refractivity contribution >= 4 is 27.7 Å². The van der Waals surface area contributed by atoms with Crippen LogP contribution in [-0.4, -0.2) is 52.5 Å². The first-order valence-electron chi connectivity index (χ1n) is 10.4. The molecule has 8 nitrogen and oxygen atoms in total. The van der Waals surface area contributed by atoms with Gasteiger partial charge in [-0.25, -0.2) is 8.42 Å². The maximum Gasteiger partial charge on any atom is 0.248 e. The third kappa shape index (κ3) is 5.23. The predicted molar refractivity (Wildman–Crippen MR) is 123 cm³/mol. The van der Waals surface area contributed by atoms with Gasteiger partial charge in [0, 0.05) is 30.4 Å². The van der Waals surface area contributed by atoms with Crippen LogP contribution in [0.4, 0.5) is 5.69 Å². The molecule has 0 atom stereocenters. The molecule has 32 heavy (non-hydrogen) atoms. The van der Waals surface area contributed by atoms with Crippen LogP contribution < -0.4 is 19.5 Å². The molecule has 0 radical (unpaired) electrons. The van der Waals surface area contributed by atoms with Gasteiger partial charge < -0.3 is 19.5 Å². The van der Waals surface area contributed by atoms with Crippen LogP contribution in [0, 0.1) is 0 Å². The second kappa shape index (κ2) is 10.5. The van der Waals surface area contributed by atoms with E-state index < -0.39 is 15.9 Å². The zero-order chi connectivity index (χ0) is 23.1. The zero-order valence-electron chi connectivity index (χ0n) is 18.5. The molecule has 0 saturated carbocycles. The van der Waals surface area contributed by atoms with Crippen LogP contribution in [0.2, 0.25) is 0 Å². The van der Waals surface area contributed by atoms with E-state index in [4.69, 9.17) is 14.2 Å². The van der Waals surface area contributed by atoms with Crippen LogP contribution in [0.25, 0.3) is 6.08 Å². The highest BCUT2D eigenvalue weighted by molar-refractivity contribution is 7.89. The number of carbonyl (C=O) groups excluding carboxylic acids is 1. The third-order valence-corrected chi connectivity index (χ3v) is 6.96. The van der Waals surface area contributed by atoms with E-state index in [2.05, 4.69) is 5.32 Å². The maximum atomic E-state index is 13.1. The molecule has 1 aliphatic heterocycles. The Labute approximate surface area is 188 Å². The van der Waals surface area contributed by atoms with Crippen molar-refractivity contribution in [2.24, 2.45) is 0 Å². The monoisotopic (exact) mass is 460 g/mol. The fraction of sp³-hybridized carbons (Fsp3) is 0.348. The fourth-order valence-corrected chi connectivity index (χ4v) is 5.20. The number of rotatable bonds is 9. The fourth-order valence-electron chi connectivity index (χ4n) is 3.52. The van der Waals surface area contributed by atoms with Gasteiger partial charge in [-0.1, -0.05) is 12.1 Å². The normalized spacial score (nSPS) is 14.5. The summed E-state index contributed by atoms with van der Waals surface area (Å²) in [6, 6.07) is 9.97. The summed E-state index contributed by atoms with van der Waals surface area (Å²) in [5.41, 5.74) is 1.03. The van der Waals surface area contributed by atoms with Crippen molar-refractivity contribution in [3.8, 4) is 17.2 Å². The number of amides is 1. The summed E-state index contributed by atoms with van der Waals surface area (Å²) < 4.78 is 43.8. The minimum absolute atomic E-state index is 0.0532. The van der Waals surface area contributed by atoms with E-state index in [1.54, 1.807) is 43.3 Å². The van der Waals surface area contributed by atoms with Crippen molar-refractivity contribution in [2.75, 3.05) is 39.2 Å². The molecule has 1 heterocycles. The number of benzene rings is 2. The Morgan fingerprint density at radius 3 is 2.50 bits per heavy atom. The average molecular weight is 461 g/mol. The van der Waals surface area contributed by atoms with Crippen LogP contribution >= 0.6 is 0 Å². The predicted octanol–water partition coefficient (Wildman–Crippen LogP) is 3.54. The maximum absolute atomic E-state index is 13.1. The SMILES string of the molecule is CCOc1ccc(NC(=O)/C=C/c2cccc(OC)c2OC)cc1S(=O)(=O)N1CCCC1. The molecule has 1 fully saturated rings. The van der Waals surface area contributed by atoms with Crippen molar-refractivity contribution in [3.63, 3.8) is 0 Å². The number of para-hydroxylation sites is 1. The number of hydrogen-bond donors (Lipinski definition) is 1. The minimum atomic E-state index is -3.71. The first-order chi connectivity index (χ1) is 15.4. The molecule has 1 N–H and O–H groups in total. The smallest absolute Gasteiger partial charge is 0.248 e. The molecule has 0 aromatic heterocycles. The van der Waals surface area contributed by atoms with Gasteiger partial charge in [-0.15, -0.1) is 0 Å². The van der Waals surface area contributed by atoms with E-state index in [9.17, 15) is 13.2 Å². The number of carbonyl (C=O) groups is 1. The topological polar surface area (TPSA) is 94.2 Å². The highest BCUT2D eigenvalue weighted by Gasteiger charge is 2.30. The number of ether oxygens (including phenoxy) is 3. The Morgan fingerprint density at radius 1 is 1.09 bits per heavy atom. The molecule has 0 aliphatic carbocycles. The highest BCUT2D eigenvalue weighted by Crippen LogP contribution is 2.33. The Kier molecular flexibility index (Phi) is 7.76. The number of methoxy groups -OCH3 is 2. The van der Waals surface area contributed by atoms with Crippen molar-refractivity contribution < 1.29 is 27.4 Å². The van der Waals surface area contributed by atoms with Gasteiger partial charge in [0.1, 0.15) is 10.6 Å². The van der Waals surface area contributed by atoms with Crippen molar-refractivity contribution in [2.45, 2.75) is 24.7 Å². The molecular formula is C23H28N2O6S. The van der Waals surface area contributed by atoms with Crippen LogP contribution in [0.15, 0.2) is 47.4 Å². The van der Waals surface area contributed by atoms with Gasteiger partial charge >= 0.3 is 0 Å². The summed E-state index contributed by atoms with van der Waals surface area (Å²) in [5.74, 6) is 0.926. The standard InChI is InChI=1S/C23H28N2O6S/c1-4-31-19-12-11-18(16-21(19)32(27,28)25-14-5-6-15-25)24-22(26)13-10-17-8-7-9-20(29-2)23(17)30-3/h7-13,16H,4-6,14-15H2,1-3H3,(H,24,26)/b13-10+. The molecule has 1 saturated heterocycles. The van der Waals surface area contributed by atoms with Crippen LogP contribution in [0.3, 0.4) is 0 Å². The van der Waals surface area contributed by atoms with E-state index in [0.717, 1.165) is 12.8 Å². The minimum Gasteiger partial charge on any atom is -0.493 e. The number of sulfonamides is 1. The van der Waals surface area contributed by atoms with Gasteiger partial charge in [0.25, 0.3) is 0 Å². The van der Waals surface area contributed by atoms with Gasteiger partial charge in [-0.2, -0.15) is 4.31 Å². The second-order valence-electron chi connectivity index (χ2n) is 7.11. The van der Waals surface area contributed by atoms with Crippen molar-refractivity contribution in [1.29, 1.82) is 0 Å². The lowest BCUT2D eigenvalue weighted by Crippen LogP contribution is -2.28. The molecule has 2 aromatic rings. The number of anilines is 1. The van der Waals surface area contributed by atoms with E-state index in [0.29, 0.717) is 42.4 Å². The summed E-state index contributed by atoms with van der Waals surface area (Å²) >= 11 is 0. The molecule has 0 unspecified atom stereocenters. The van der Waals surface area contributed by atoms with E-state index in [1.807, 2.05) is 0 Å². The van der Waals surface area contributed by atoms with Gasteiger partial charge in [0.05, 0.1) is 20.8 Å². The Balaban J connectivity index is 1.83. The first kappa shape index (κ1) is 23.6. The van der Waals surface area contributed by atoms with Crippen LogP contribution in [0.1, 0.15) is 25.3 Å². The van der Waals surface area contributed by atoms with Crippen LogP contribution in [-0.2, 0) is 14.8 Å². The lowest BCUT2D eigenvalue weighted by molar-refractivity contribution is -0.111. The molecule has 9 heteroatoms. The Bertz CT molecular complexity index is 1090. The molecule has 3 rings (SSSR count). The molecule has 1 aliphatic rings. The summed E-state index contributed by atoms with van der Waals surface area (Å²) in [7, 11) is -0.648. The molecule has 0 bridgehead atoms. The molecular weight excluding hydrogens is 432 g/mol. The molecule has 172 valence electrons. The number of hydrogen-bond acceptors (Lipinski definition) is 6. The molecule has 0 spiro atoms. The lowest BCUT2D eigenvalue weighted by Gasteiger charge is -2.19. The average Bonchev–Trinajstić information content (AvgIpc) is 3.34. The zero-order valence-corrected chi connectivity index (χ0v) is 19.3. The van der Waals surface area contributed by atoms with Gasteiger partial charge in [0.2, 0.25) is 15.9 Å². The second-order valence-corrected chi connectivity index (χ2v) is 9.02. The van der Waals surface area contributed by atoms with E-state index >= 15 is 0 Å². The first-order valence-corrected chi connectivity index (χ1v) is 11.8. The van der Waals surface area contributed by atoms with Gasteiger partial charge in [-0.05, 0) is 50.1 Å².